The van der Waals surface area contributed by atoms with Crippen molar-refractivity contribution in [3.63, 3.8) is 0 Å². The van der Waals surface area contributed by atoms with Gasteiger partial charge in [-0.25, -0.2) is 18.7 Å². The Morgan fingerprint density at radius 2 is 1.59 bits per heavy atom. The number of piperidine rings is 3. The molecule has 1 atom stereocenters. The molecule has 59 heavy (non-hydrogen) atoms. The predicted octanol–water partition coefficient (Wildman–Crippen LogP) is 4.13. The summed E-state index contributed by atoms with van der Waals surface area (Å²) in [4.78, 5) is 62.4. The fraction of sp³-hybridized carbons (Fsp3) is 0.442. The minimum atomic E-state index is -1.44. The van der Waals surface area contributed by atoms with E-state index in [0.29, 0.717) is 86.9 Å². The summed E-state index contributed by atoms with van der Waals surface area (Å²) in [5, 5.41) is 23.2. The van der Waals surface area contributed by atoms with Gasteiger partial charge in [-0.2, -0.15) is 0 Å². The van der Waals surface area contributed by atoms with Crippen molar-refractivity contribution in [2.45, 2.75) is 94.0 Å². The first-order valence-electron chi connectivity index (χ1n) is 20.5. The summed E-state index contributed by atoms with van der Waals surface area (Å²) in [6, 6.07) is 16.3. The Labute approximate surface area is 340 Å². The number of nitrogens with zero attached hydrogens (tertiary/aromatic N) is 5. The number of benzene rings is 2. The summed E-state index contributed by atoms with van der Waals surface area (Å²) < 4.78 is 31.7. The molecule has 0 bridgehead atoms. The molecule has 16 heteroatoms. The largest absolute Gasteiger partial charge is 0.380 e. The molecular weight excluding hydrogens is 761 g/mol. The van der Waals surface area contributed by atoms with Gasteiger partial charge in [-0.1, -0.05) is 18.2 Å². The summed E-state index contributed by atoms with van der Waals surface area (Å²) in [5.74, 6) is -1.69. The van der Waals surface area contributed by atoms with Crippen LogP contribution in [0.5, 0.6) is 0 Å². The highest BCUT2D eigenvalue weighted by atomic mass is 19.1. The summed E-state index contributed by atoms with van der Waals surface area (Å²) in [6.45, 7) is 2.52. The quantitative estimate of drug-likeness (QED) is 0.146. The maximum atomic E-state index is 15.2. The minimum absolute atomic E-state index is 0.0197. The van der Waals surface area contributed by atoms with E-state index in [1.54, 1.807) is 54.7 Å². The number of imide groups is 1. The van der Waals surface area contributed by atoms with E-state index in [-0.39, 0.29) is 53.4 Å². The van der Waals surface area contributed by atoms with Crippen molar-refractivity contribution in [1.82, 2.24) is 30.1 Å². The van der Waals surface area contributed by atoms with Crippen molar-refractivity contribution >= 4 is 35.0 Å². The number of aromatic nitrogens is 3. The average Bonchev–Trinajstić information content (AvgIpc) is 3.24. The van der Waals surface area contributed by atoms with Crippen molar-refractivity contribution < 1.29 is 28.3 Å². The Morgan fingerprint density at radius 1 is 0.831 bits per heavy atom. The van der Waals surface area contributed by atoms with E-state index in [0.717, 1.165) is 31.9 Å². The molecule has 8 rings (SSSR count). The standard InChI is InChI=1S/C43H49F2N9O5/c44-33-25-30(47-35-12-14-37(55)50-40(35)57)11-13-36(33)53-20-15-31(16-21-53)52-22-17-43(59,18-23-52)41(58)48-28-7-9-29(10-8-28)49-42-46-26-34(45)39(51-42)27-4-3-5-32(24-27)54-19-2-1-6-38(54)56/h1-6,11,13,19,24-26,28-29,31,35,47,59H,7-10,12,14-18,20-23H2,(H,48,58)(H,46,49,51)(H,50,55,57)/t28-,29-,35-/m0/s1. The van der Waals surface area contributed by atoms with Crippen molar-refractivity contribution in [2.24, 2.45) is 0 Å². The zero-order valence-corrected chi connectivity index (χ0v) is 32.7. The van der Waals surface area contributed by atoms with Gasteiger partial charge in [-0.3, -0.25) is 29.1 Å². The van der Waals surface area contributed by atoms with Crippen LogP contribution in [0.1, 0.15) is 64.2 Å². The number of halogens is 2. The number of aliphatic hydroxyl groups is 1. The summed E-state index contributed by atoms with van der Waals surface area (Å²) >= 11 is 0. The van der Waals surface area contributed by atoms with Gasteiger partial charge >= 0.3 is 0 Å². The van der Waals surface area contributed by atoms with E-state index in [2.05, 4.69) is 36.1 Å². The number of likely N-dealkylation sites (tertiary alicyclic amines) is 1. The SMILES string of the molecule is O=C1CC[C@H](Nc2ccc(N3CCC(N4CCC(O)(C(=O)N[C@H]5CC[C@H](Nc6ncc(F)c(-c7cccc(-n8ccccc8=O)c7)n6)CC5)CC4)CC3)c(F)c2)C(=O)N1. The highest BCUT2D eigenvalue weighted by Gasteiger charge is 2.42. The van der Waals surface area contributed by atoms with Gasteiger partial charge in [0, 0.05) is 79.9 Å². The Morgan fingerprint density at radius 3 is 2.32 bits per heavy atom. The lowest BCUT2D eigenvalue weighted by atomic mass is 9.86. The smallest absolute Gasteiger partial charge is 0.255 e. The summed E-state index contributed by atoms with van der Waals surface area (Å²) in [6.07, 6.45) is 8.57. The van der Waals surface area contributed by atoms with Crippen LogP contribution < -0.4 is 31.7 Å². The molecule has 3 amide bonds. The average molecular weight is 810 g/mol. The molecule has 2 aromatic heterocycles. The molecule has 3 aliphatic heterocycles. The summed E-state index contributed by atoms with van der Waals surface area (Å²) in [7, 11) is 0. The van der Waals surface area contributed by atoms with Crippen molar-refractivity contribution in [1.29, 1.82) is 0 Å². The first-order valence-corrected chi connectivity index (χ1v) is 20.5. The molecule has 0 spiro atoms. The number of hydrogen-bond donors (Lipinski definition) is 5. The second-order valence-corrected chi connectivity index (χ2v) is 16.1. The maximum Gasteiger partial charge on any atom is 0.255 e. The van der Waals surface area contributed by atoms with Crippen LogP contribution in [0.3, 0.4) is 0 Å². The highest BCUT2D eigenvalue weighted by molar-refractivity contribution is 6.01. The Hall–Kier alpha value is -5.74. The fourth-order valence-electron chi connectivity index (χ4n) is 8.81. The number of anilines is 3. The number of hydrogen-bond acceptors (Lipinski definition) is 11. The van der Waals surface area contributed by atoms with E-state index in [9.17, 15) is 28.7 Å². The van der Waals surface area contributed by atoms with Crippen molar-refractivity contribution in [3.8, 4) is 16.9 Å². The number of pyridine rings is 1. The minimum Gasteiger partial charge on any atom is -0.380 e. The molecule has 2 aromatic carbocycles. The zero-order chi connectivity index (χ0) is 41.1. The third kappa shape index (κ3) is 9.13. The van der Waals surface area contributed by atoms with Crippen LogP contribution in [-0.2, 0) is 14.4 Å². The van der Waals surface area contributed by atoms with Gasteiger partial charge in [0.05, 0.1) is 11.9 Å². The van der Waals surface area contributed by atoms with Gasteiger partial charge < -0.3 is 30.9 Å². The molecule has 5 N–H and O–H groups in total. The molecule has 4 aliphatic rings. The van der Waals surface area contributed by atoms with Crippen LogP contribution in [-0.4, -0.2) is 98.2 Å². The fourth-order valence-corrected chi connectivity index (χ4v) is 8.81. The van der Waals surface area contributed by atoms with Crippen molar-refractivity contribution in [2.75, 3.05) is 41.7 Å². The third-order valence-electron chi connectivity index (χ3n) is 12.3. The first kappa shape index (κ1) is 40.1. The molecule has 1 saturated carbocycles. The Kier molecular flexibility index (Phi) is 11.7. The molecular formula is C43H49F2N9O5. The van der Waals surface area contributed by atoms with Crippen LogP contribution >= 0.6 is 0 Å². The number of carbonyl (C=O) groups is 3. The molecule has 1 aliphatic carbocycles. The number of carbonyl (C=O) groups excluding carboxylic acids is 3. The maximum absolute atomic E-state index is 15.2. The van der Waals surface area contributed by atoms with Crippen LogP contribution in [0.25, 0.3) is 16.9 Å². The number of nitrogens with one attached hydrogen (secondary N) is 4. The zero-order valence-electron chi connectivity index (χ0n) is 32.7. The third-order valence-corrected chi connectivity index (χ3v) is 12.3. The highest BCUT2D eigenvalue weighted by Crippen LogP contribution is 2.32. The Bertz CT molecular complexity index is 2250. The lowest BCUT2D eigenvalue weighted by Crippen LogP contribution is -2.58. The van der Waals surface area contributed by atoms with Crippen LogP contribution in [0.15, 0.2) is 77.9 Å². The van der Waals surface area contributed by atoms with Gasteiger partial charge in [-0.15, -0.1) is 0 Å². The second kappa shape index (κ2) is 17.2. The van der Waals surface area contributed by atoms with E-state index >= 15 is 4.39 Å². The van der Waals surface area contributed by atoms with E-state index in [1.807, 2.05) is 4.90 Å². The first-order chi connectivity index (χ1) is 28.5. The summed E-state index contributed by atoms with van der Waals surface area (Å²) in [5.41, 5.74) is 0.586. The van der Waals surface area contributed by atoms with E-state index in [4.69, 9.17) is 0 Å². The molecule has 5 heterocycles. The normalized spacial score (nSPS) is 22.7. The number of amides is 3. The number of rotatable bonds is 10. The lowest BCUT2D eigenvalue weighted by Gasteiger charge is -2.44. The van der Waals surface area contributed by atoms with Crippen molar-refractivity contribution in [3.05, 3.63) is 95.0 Å². The molecule has 310 valence electrons. The van der Waals surface area contributed by atoms with Gasteiger partial charge in [0.1, 0.15) is 23.2 Å². The Balaban J connectivity index is 0.776. The van der Waals surface area contributed by atoms with Gasteiger partial charge in [0.25, 0.3) is 11.5 Å². The lowest BCUT2D eigenvalue weighted by molar-refractivity contribution is -0.146. The predicted molar refractivity (Wildman–Crippen MR) is 218 cm³/mol. The van der Waals surface area contributed by atoms with Crippen LogP contribution in [0, 0.1) is 11.6 Å². The van der Waals surface area contributed by atoms with E-state index in [1.165, 1.54) is 16.7 Å². The van der Waals surface area contributed by atoms with Gasteiger partial charge in [-0.05, 0) is 94.2 Å². The monoisotopic (exact) mass is 809 g/mol. The molecule has 0 radical (unpaired) electrons. The molecule has 4 aromatic rings. The molecule has 3 saturated heterocycles. The topological polar surface area (TPSA) is 174 Å². The second-order valence-electron chi connectivity index (χ2n) is 16.1. The van der Waals surface area contributed by atoms with Gasteiger partial charge in [0.2, 0.25) is 17.8 Å². The molecule has 14 nitrogen and oxygen atoms in total. The van der Waals surface area contributed by atoms with Crippen LogP contribution in [0.2, 0.25) is 0 Å². The van der Waals surface area contributed by atoms with Crippen LogP contribution in [0.4, 0.5) is 26.1 Å². The van der Waals surface area contributed by atoms with Gasteiger partial charge in [0.15, 0.2) is 5.82 Å². The van der Waals surface area contributed by atoms with E-state index < -0.39 is 23.4 Å². The molecule has 4 fully saturated rings. The molecule has 0 unspecified atom stereocenters.